The molecule has 0 radical (unpaired) electrons. The van der Waals surface area contributed by atoms with E-state index >= 15 is 0 Å². The molecular formula is C23H21NO3. The molecule has 1 aliphatic heterocycles. The minimum atomic E-state index is -1.56. The molecule has 0 spiro atoms. The second kappa shape index (κ2) is 6.89. The summed E-state index contributed by atoms with van der Waals surface area (Å²) in [6.45, 7) is 0.450. The highest BCUT2D eigenvalue weighted by Crippen LogP contribution is 2.50. The molecular weight excluding hydrogens is 338 g/mol. The summed E-state index contributed by atoms with van der Waals surface area (Å²) in [5.74, 6) is 0.459. The molecule has 4 rings (SSSR count). The van der Waals surface area contributed by atoms with Crippen molar-refractivity contribution in [1.29, 1.82) is 0 Å². The van der Waals surface area contributed by atoms with Crippen molar-refractivity contribution in [2.75, 3.05) is 7.11 Å². The molecule has 1 fully saturated rings. The van der Waals surface area contributed by atoms with E-state index in [4.69, 9.17) is 4.74 Å². The molecule has 0 aromatic heterocycles. The van der Waals surface area contributed by atoms with Crippen LogP contribution in [0, 0.1) is 0 Å². The zero-order valence-corrected chi connectivity index (χ0v) is 15.1. The van der Waals surface area contributed by atoms with E-state index in [-0.39, 0.29) is 5.91 Å². The summed E-state index contributed by atoms with van der Waals surface area (Å²) >= 11 is 0. The third kappa shape index (κ3) is 2.88. The van der Waals surface area contributed by atoms with Gasteiger partial charge in [-0.2, -0.15) is 0 Å². The van der Waals surface area contributed by atoms with Crippen molar-refractivity contribution in [2.24, 2.45) is 0 Å². The van der Waals surface area contributed by atoms with E-state index < -0.39 is 11.6 Å². The van der Waals surface area contributed by atoms with Gasteiger partial charge in [-0.1, -0.05) is 72.8 Å². The fourth-order valence-electron chi connectivity index (χ4n) is 3.74. The predicted octanol–water partition coefficient (Wildman–Crippen LogP) is 3.67. The Kier molecular flexibility index (Phi) is 4.42. The summed E-state index contributed by atoms with van der Waals surface area (Å²) < 4.78 is 5.24. The second-order valence-electron chi connectivity index (χ2n) is 6.73. The van der Waals surface area contributed by atoms with E-state index in [9.17, 15) is 9.90 Å². The summed E-state index contributed by atoms with van der Waals surface area (Å²) in [5.41, 5.74) is 0.947. The number of carbonyl (C=O) groups is 1. The summed E-state index contributed by atoms with van der Waals surface area (Å²) in [4.78, 5) is 14.8. The topological polar surface area (TPSA) is 49.8 Å². The minimum absolute atomic E-state index is 0.279. The molecule has 0 unspecified atom stereocenters. The number of hydrogen-bond donors (Lipinski definition) is 1. The molecule has 1 heterocycles. The number of ether oxygens (including phenoxy) is 1. The summed E-state index contributed by atoms with van der Waals surface area (Å²) in [7, 11) is 1.61. The third-order valence-electron chi connectivity index (χ3n) is 5.14. The average molecular weight is 359 g/mol. The highest BCUT2D eigenvalue weighted by Gasteiger charge is 2.61. The fourth-order valence-corrected chi connectivity index (χ4v) is 3.74. The fraction of sp³-hybridized carbons (Fsp3) is 0.174. The lowest BCUT2D eigenvalue weighted by Crippen LogP contribution is -2.65. The number of rotatable bonds is 5. The van der Waals surface area contributed by atoms with Crippen LogP contribution in [-0.4, -0.2) is 23.0 Å². The Bertz CT molecular complexity index is 925. The summed E-state index contributed by atoms with van der Waals surface area (Å²) in [5, 5.41) is 11.4. The number of aliphatic hydroxyl groups is 1. The molecule has 0 aliphatic carbocycles. The number of amides is 1. The molecule has 4 nitrogen and oxygen atoms in total. The van der Waals surface area contributed by atoms with E-state index in [1.54, 1.807) is 24.1 Å². The molecule has 0 bridgehead atoms. The second-order valence-corrected chi connectivity index (χ2v) is 6.73. The molecule has 1 aliphatic rings. The maximum absolute atomic E-state index is 13.0. The molecule has 2 atom stereocenters. The Morgan fingerprint density at radius 1 is 0.926 bits per heavy atom. The highest BCUT2D eigenvalue weighted by atomic mass is 16.5. The van der Waals surface area contributed by atoms with E-state index in [2.05, 4.69) is 0 Å². The first-order valence-corrected chi connectivity index (χ1v) is 8.91. The monoisotopic (exact) mass is 359 g/mol. The molecule has 0 saturated carbocycles. The Morgan fingerprint density at radius 3 is 2.11 bits per heavy atom. The lowest BCUT2D eigenvalue weighted by molar-refractivity contribution is -0.198. The molecule has 1 N–H and O–H groups in total. The lowest BCUT2D eigenvalue weighted by Gasteiger charge is -2.53. The summed E-state index contributed by atoms with van der Waals surface area (Å²) in [6.07, 6.45) is 0. The molecule has 3 aromatic carbocycles. The van der Waals surface area contributed by atoms with Crippen molar-refractivity contribution in [1.82, 2.24) is 4.90 Å². The molecule has 4 heteroatoms. The predicted molar refractivity (Wildman–Crippen MR) is 103 cm³/mol. The van der Waals surface area contributed by atoms with Gasteiger partial charge in [-0.15, -0.1) is 0 Å². The molecule has 1 saturated heterocycles. The van der Waals surface area contributed by atoms with Gasteiger partial charge in [0.15, 0.2) is 5.60 Å². The van der Waals surface area contributed by atoms with E-state index in [0.29, 0.717) is 12.1 Å². The number of β-lactam (4-membered cyclic amide) rings is 1. The first-order valence-electron chi connectivity index (χ1n) is 8.91. The van der Waals surface area contributed by atoms with Gasteiger partial charge in [0.1, 0.15) is 5.75 Å². The quantitative estimate of drug-likeness (QED) is 0.707. The Labute approximate surface area is 158 Å². The SMILES string of the molecule is COc1ccc([C@@H]2N(Cc3ccccc3)C(=O)[C@@]2(O)c2ccccc2)cc1. The number of likely N-dealkylation sites (tertiary alicyclic amines) is 1. The normalized spacial score (nSPS) is 21.6. The van der Waals surface area contributed by atoms with E-state index in [0.717, 1.165) is 16.9 Å². The minimum Gasteiger partial charge on any atom is -0.497 e. The van der Waals surface area contributed by atoms with Crippen molar-refractivity contribution in [3.8, 4) is 5.75 Å². The van der Waals surface area contributed by atoms with Gasteiger partial charge >= 0.3 is 0 Å². The van der Waals surface area contributed by atoms with Gasteiger partial charge in [0.2, 0.25) is 0 Å². The van der Waals surface area contributed by atoms with Crippen LogP contribution in [0.2, 0.25) is 0 Å². The van der Waals surface area contributed by atoms with Crippen molar-refractivity contribution in [3.05, 3.63) is 102 Å². The van der Waals surface area contributed by atoms with Gasteiger partial charge in [-0.05, 0) is 28.8 Å². The van der Waals surface area contributed by atoms with Gasteiger partial charge in [0, 0.05) is 6.54 Å². The van der Waals surface area contributed by atoms with Crippen LogP contribution in [-0.2, 0) is 16.9 Å². The van der Waals surface area contributed by atoms with Crippen LogP contribution in [0.1, 0.15) is 22.7 Å². The molecule has 27 heavy (non-hydrogen) atoms. The van der Waals surface area contributed by atoms with Crippen LogP contribution in [0.5, 0.6) is 5.75 Å². The largest absolute Gasteiger partial charge is 0.497 e. The maximum atomic E-state index is 13.0. The number of hydrogen-bond acceptors (Lipinski definition) is 3. The smallest absolute Gasteiger partial charge is 0.262 e. The van der Waals surface area contributed by atoms with Crippen molar-refractivity contribution in [3.63, 3.8) is 0 Å². The first kappa shape index (κ1) is 17.3. The Hall–Kier alpha value is -3.11. The number of methoxy groups -OCH3 is 1. The highest BCUT2D eigenvalue weighted by molar-refractivity contribution is 5.94. The standard InChI is InChI=1S/C23H21NO3/c1-27-20-14-12-18(13-15-20)21-23(26,19-10-6-3-7-11-19)22(25)24(21)16-17-8-4-2-5-9-17/h2-15,21,26H,16H2,1H3/t21-,23+/m0/s1. The lowest BCUT2D eigenvalue weighted by atomic mass is 9.73. The Morgan fingerprint density at radius 2 is 1.52 bits per heavy atom. The van der Waals surface area contributed by atoms with Crippen molar-refractivity contribution < 1.29 is 14.6 Å². The Balaban J connectivity index is 1.74. The number of benzene rings is 3. The van der Waals surface area contributed by atoms with Crippen LogP contribution in [0.15, 0.2) is 84.9 Å². The van der Waals surface area contributed by atoms with Crippen LogP contribution in [0.3, 0.4) is 0 Å². The van der Waals surface area contributed by atoms with Crippen LogP contribution in [0.4, 0.5) is 0 Å². The van der Waals surface area contributed by atoms with Gasteiger partial charge in [0.05, 0.1) is 13.2 Å². The number of carbonyl (C=O) groups excluding carboxylic acids is 1. The van der Waals surface area contributed by atoms with Gasteiger partial charge in [0.25, 0.3) is 5.91 Å². The average Bonchev–Trinajstić information content (AvgIpc) is 2.74. The number of nitrogens with zero attached hydrogens (tertiary/aromatic N) is 1. The van der Waals surface area contributed by atoms with Crippen molar-refractivity contribution in [2.45, 2.75) is 18.2 Å². The van der Waals surface area contributed by atoms with Crippen LogP contribution < -0.4 is 4.74 Å². The first-order chi connectivity index (χ1) is 13.1. The van der Waals surface area contributed by atoms with Crippen LogP contribution in [0.25, 0.3) is 0 Å². The van der Waals surface area contributed by atoms with Gasteiger partial charge in [-0.25, -0.2) is 0 Å². The summed E-state index contributed by atoms with van der Waals surface area (Å²) in [6, 6.07) is 26.0. The molecule has 1 amide bonds. The zero-order valence-electron chi connectivity index (χ0n) is 15.1. The molecule has 136 valence electrons. The zero-order chi connectivity index (χ0) is 18.9. The molecule has 3 aromatic rings. The van der Waals surface area contributed by atoms with E-state index in [1.807, 2.05) is 72.8 Å². The van der Waals surface area contributed by atoms with Gasteiger partial charge < -0.3 is 14.7 Å². The van der Waals surface area contributed by atoms with Crippen molar-refractivity contribution >= 4 is 5.91 Å². The third-order valence-corrected chi connectivity index (χ3v) is 5.14. The van der Waals surface area contributed by atoms with Crippen LogP contribution >= 0.6 is 0 Å². The maximum Gasteiger partial charge on any atom is 0.262 e. The van der Waals surface area contributed by atoms with Gasteiger partial charge in [-0.3, -0.25) is 4.79 Å². The van der Waals surface area contributed by atoms with E-state index in [1.165, 1.54) is 0 Å².